The Morgan fingerprint density at radius 2 is 2.03 bits per heavy atom. The van der Waals surface area contributed by atoms with E-state index in [9.17, 15) is 15.0 Å². The van der Waals surface area contributed by atoms with Crippen molar-refractivity contribution in [2.24, 2.45) is 11.8 Å². The minimum absolute atomic E-state index is 0.0116. The lowest BCUT2D eigenvalue weighted by Gasteiger charge is -2.37. The summed E-state index contributed by atoms with van der Waals surface area (Å²) in [4.78, 5) is 26.4. The smallest absolute Gasteiger partial charge is 0.303 e. The highest BCUT2D eigenvalue weighted by molar-refractivity contribution is 5.83. The van der Waals surface area contributed by atoms with Crippen LogP contribution in [-0.4, -0.2) is 62.8 Å². The minimum atomic E-state index is -0.793. The van der Waals surface area contributed by atoms with Crippen molar-refractivity contribution in [2.45, 2.75) is 31.8 Å². The minimum Gasteiger partial charge on any atom is -0.497 e. The van der Waals surface area contributed by atoms with Gasteiger partial charge in [-0.1, -0.05) is 5.92 Å². The van der Waals surface area contributed by atoms with E-state index in [1.165, 1.54) is 0 Å². The summed E-state index contributed by atoms with van der Waals surface area (Å²) in [6.45, 7) is 2.07. The van der Waals surface area contributed by atoms with Crippen molar-refractivity contribution in [1.82, 2.24) is 19.9 Å². The van der Waals surface area contributed by atoms with Crippen molar-refractivity contribution in [3.8, 4) is 17.6 Å². The zero-order chi connectivity index (χ0) is 24.6. The molecule has 3 heterocycles. The largest absolute Gasteiger partial charge is 0.497 e. The van der Waals surface area contributed by atoms with Crippen LogP contribution in [0.5, 0.6) is 5.75 Å². The number of benzene rings is 1. The number of carbonyl (C=O) groups is 1. The highest BCUT2D eigenvalue weighted by Crippen LogP contribution is 2.34. The van der Waals surface area contributed by atoms with Crippen molar-refractivity contribution >= 4 is 16.9 Å². The molecule has 0 amide bonds. The van der Waals surface area contributed by atoms with E-state index in [0.717, 1.165) is 41.6 Å². The number of hydrogen-bond donors (Lipinski definition) is 2. The van der Waals surface area contributed by atoms with Crippen LogP contribution in [0.25, 0.3) is 10.9 Å². The van der Waals surface area contributed by atoms with E-state index in [1.54, 1.807) is 31.8 Å². The number of carboxylic acid groups (broad SMARTS) is 1. The third-order valence-electron chi connectivity index (χ3n) is 6.63. The lowest BCUT2D eigenvalue weighted by atomic mass is 9.79. The number of aliphatic carboxylic acids is 1. The fourth-order valence-corrected chi connectivity index (χ4v) is 4.82. The van der Waals surface area contributed by atoms with Gasteiger partial charge in [0.15, 0.2) is 0 Å². The molecular formula is C27H30N4O4. The first-order valence-electron chi connectivity index (χ1n) is 11.8. The average molecular weight is 475 g/mol. The molecule has 0 aliphatic carbocycles. The molecule has 35 heavy (non-hydrogen) atoms. The summed E-state index contributed by atoms with van der Waals surface area (Å²) in [5.74, 6) is 6.72. The zero-order valence-corrected chi connectivity index (χ0v) is 19.8. The maximum atomic E-state index is 11.6. The Hall–Kier alpha value is -3.54. The van der Waals surface area contributed by atoms with E-state index < -0.39 is 12.1 Å². The maximum absolute atomic E-state index is 11.6. The molecule has 2 N–H and O–H groups in total. The average Bonchev–Trinajstić information content (AvgIpc) is 2.87. The Balaban J connectivity index is 1.39. The number of piperidine rings is 1. The molecule has 1 aromatic carbocycles. The monoisotopic (exact) mass is 474 g/mol. The van der Waals surface area contributed by atoms with E-state index in [1.807, 2.05) is 24.3 Å². The Morgan fingerprint density at radius 1 is 1.20 bits per heavy atom. The third kappa shape index (κ3) is 6.53. The topological polar surface area (TPSA) is 109 Å². The predicted molar refractivity (Wildman–Crippen MR) is 132 cm³/mol. The standard InChI is InChI=1S/C27H30N4O4/c1-35-21-6-7-24-23(17-21)22(9-13-28-24)25(32)8-5-19-10-15-31(18-20(19)16-27(33)34)14-2-4-26-29-11-3-12-30-26/h3,6-7,9,11-13,17,19-20,25,32H,5,8,10,14-16,18H2,1H3,(H,33,34)/t19-,20+,25?/m1/s1. The van der Waals surface area contributed by atoms with Gasteiger partial charge in [0.2, 0.25) is 5.82 Å². The van der Waals surface area contributed by atoms with Gasteiger partial charge in [-0.15, -0.1) is 0 Å². The summed E-state index contributed by atoms with van der Waals surface area (Å²) >= 11 is 0. The molecule has 4 rings (SSSR count). The fraction of sp³-hybridized carbons (Fsp3) is 0.407. The second-order valence-electron chi connectivity index (χ2n) is 8.89. The first kappa shape index (κ1) is 24.6. The van der Waals surface area contributed by atoms with Gasteiger partial charge in [0.1, 0.15) is 5.75 Å². The Bertz CT molecular complexity index is 1210. The number of aliphatic hydroxyl groups excluding tert-OH is 1. The van der Waals surface area contributed by atoms with Gasteiger partial charge in [-0.3, -0.25) is 14.7 Å². The van der Waals surface area contributed by atoms with E-state index in [4.69, 9.17) is 4.74 Å². The Labute approximate surface area is 205 Å². The fourth-order valence-electron chi connectivity index (χ4n) is 4.82. The molecule has 1 unspecified atom stereocenters. The molecule has 182 valence electrons. The molecular weight excluding hydrogens is 444 g/mol. The second kappa shape index (κ2) is 11.7. The molecule has 3 aromatic rings. The summed E-state index contributed by atoms with van der Waals surface area (Å²) in [5.41, 5.74) is 1.63. The Morgan fingerprint density at radius 3 is 2.80 bits per heavy atom. The quantitative estimate of drug-likeness (QED) is 0.479. The molecule has 0 radical (unpaired) electrons. The van der Waals surface area contributed by atoms with Crippen LogP contribution in [-0.2, 0) is 4.79 Å². The zero-order valence-electron chi connectivity index (χ0n) is 19.8. The number of hydrogen-bond acceptors (Lipinski definition) is 7. The van der Waals surface area contributed by atoms with Gasteiger partial charge in [0.25, 0.3) is 0 Å². The van der Waals surface area contributed by atoms with Gasteiger partial charge in [0.05, 0.1) is 25.3 Å². The molecule has 8 nitrogen and oxygen atoms in total. The normalized spacial score (nSPS) is 19.0. The van der Waals surface area contributed by atoms with Gasteiger partial charge in [0, 0.05) is 36.9 Å². The highest BCUT2D eigenvalue weighted by Gasteiger charge is 2.31. The number of pyridine rings is 1. The van der Waals surface area contributed by atoms with Crippen LogP contribution in [0.2, 0.25) is 0 Å². The van der Waals surface area contributed by atoms with Crippen LogP contribution in [0.1, 0.15) is 43.2 Å². The molecule has 0 saturated carbocycles. The first-order valence-corrected chi connectivity index (χ1v) is 11.8. The maximum Gasteiger partial charge on any atom is 0.303 e. The van der Waals surface area contributed by atoms with E-state index >= 15 is 0 Å². The number of ether oxygens (including phenoxy) is 1. The lowest BCUT2D eigenvalue weighted by molar-refractivity contribution is -0.139. The van der Waals surface area contributed by atoms with Gasteiger partial charge in [-0.2, -0.15) is 0 Å². The summed E-state index contributed by atoms with van der Waals surface area (Å²) in [5, 5.41) is 21.4. The van der Waals surface area contributed by atoms with Crippen molar-refractivity contribution in [2.75, 3.05) is 26.7 Å². The van der Waals surface area contributed by atoms with Crippen LogP contribution < -0.4 is 4.74 Å². The van der Waals surface area contributed by atoms with Crippen LogP contribution >= 0.6 is 0 Å². The van der Waals surface area contributed by atoms with Crippen LogP contribution in [0.3, 0.4) is 0 Å². The summed E-state index contributed by atoms with van der Waals surface area (Å²) in [7, 11) is 1.61. The summed E-state index contributed by atoms with van der Waals surface area (Å²) in [6, 6.07) is 9.23. The SMILES string of the molecule is COc1ccc2nccc(C(O)CC[C@@H]3CCN(CC#Cc4ncccn4)C[C@@H]3CC(=O)O)c2c1. The van der Waals surface area contributed by atoms with E-state index in [-0.39, 0.29) is 18.3 Å². The number of nitrogens with zero attached hydrogens (tertiary/aromatic N) is 4. The van der Waals surface area contributed by atoms with Crippen LogP contribution in [0.15, 0.2) is 48.9 Å². The predicted octanol–water partition coefficient (Wildman–Crippen LogP) is 3.31. The molecule has 1 saturated heterocycles. The Kier molecular flexibility index (Phi) is 8.24. The molecule has 2 aromatic heterocycles. The number of rotatable bonds is 8. The number of aromatic nitrogens is 3. The molecule has 8 heteroatoms. The van der Waals surface area contributed by atoms with Crippen LogP contribution in [0, 0.1) is 23.7 Å². The number of likely N-dealkylation sites (tertiary alicyclic amines) is 1. The van der Waals surface area contributed by atoms with Gasteiger partial charge in [-0.25, -0.2) is 9.97 Å². The molecule has 0 bridgehead atoms. The van der Waals surface area contributed by atoms with Crippen molar-refractivity contribution in [1.29, 1.82) is 0 Å². The number of carboxylic acids is 1. The molecule has 0 spiro atoms. The van der Waals surface area contributed by atoms with E-state index in [2.05, 4.69) is 31.7 Å². The van der Waals surface area contributed by atoms with Gasteiger partial charge in [-0.05, 0) is 79.5 Å². The summed E-state index contributed by atoms with van der Waals surface area (Å²) < 4.78 is 5.34. The third-order valence-corrected chi connectivity index (χ3v) is 6.63. The molecule has 3 atom stereocenters. The van der Waals surface area contributed by atoms with Crippen LogP contribution in [0.4, 0.5) is 0 Å². The molecule has 1 aliphatic heterocycles. The van der Waals surface area contributed by atoms with Gasteiger partial charge >= 0.3 is 5.97 Å². The first-order chi connectivity index (χ1) is 17.0. The van der Waals surface area contributed by atoms with Crippen molar-refractivity contribution < 1.29 is 19.7 Å². The lowest BCUT2D eigenvalue weighted by Crippen LogP contribution is -2.41. The number of fused-ring (bicyclic) bond motifs is 1. The molecule has 1 aliphatic rings. The number of methoxy groups -OCH3 is 1. The van der Waals surface area contributed by atoms with Gasteiger partial charge < -0.3 is 14.9 Å². The molecule has 1 fully saturated rings. The van der Waals surface area contributed by atoms with E-state index in [0.29, 0.717) is 25.3 Å². The van der Waals surface area contributed by atoms with Crippen molar-refractivity contribution in [3.63, 3.8) is 0 Å². The second-order valence-corrected chi connectivity index (χ2v) is 8.89. The summed E-state index contributed by atoms with van der Waals surface area (Å²) in [6.07, 6.45) is 6.66. The number of aliphatic hydroxyl groups is 1. The highest BCUT2D eigenvalue weighted by atomic mass is 16.5. The van der Waals surface area contributed by atoms with Crippen molar-refractivity contribution in [3.05, 3.63) is 60.3 Å².